The molecular weight excluding hydrogens is 285 g/mol. The summed E-state index contributed by atoms with van der Waals surface area (Å²) in [6.45, 7) is 3.10. The molecule has 2 bridgehead atoms. The van der Waals surface area contributed by atoms with Crippen LogP contribution in [0.3, 0.4) is 0 Å². The van der Waals surface area contributed by atoms with Gasteiger partial charge in [0, 0.05) is 6.04 Å². The summed E-state index contributed by atoms with van der Waals surface area (Å²) in [6, 6.07) is 5.80. The Hall–Kier alpha value is -0.600. The highest BCUT2D eigenvalue weighted by atomic mass is 35.5. The average Bonchev–Trinajstić information content (AvgIpc) is 2.90. The minimum Gasteiger partial charge on any atom is -0.314 e. The van der Waals surface area contributed by atoms with Crippen LogP contribution >= 0.6 is 11.6 Å². The van der Waals surface area contributed by atoms with Crippen LogP contribution in [0.2, 0.25) is 5.02 Å². The lowest BCUT2D eigenvalue weighted by Crippen LogP contribution is -2.35. The lowest BCUT2D eigenvalue weighted by atomic mass is 9.93. The molecule has 0 amide bonds. The number of benzene rings is 1. The fraction of sp³-hybridized carbons (Fsp3) is 0.667. The molecule has 3 aliphatic carbocycles. The summed E-state index contributed by atoms with van der Waals surface area (Å²) in [6.07, 6.45) is 5.12. The highest BCUT2D eigenvalue weighted by molar-refractivity contribution is 6.30. The second kappa shape index (κ2) is 5.24. The molecule has 1 aromatic rings. The van der Waals surface area contributed by atoms with Gasteiger partial charge in [-0.1, -0.05) is 30.7 Å². The highest BCUT2D eigenvalue weighted by Crippen LogP contribution is 2.70. The Morgan fingerprint density at radius 1 is 1.29 bits per heavy atom. The predicted octanol–water partition coefficient (Wildman–Crippen LogP) is 4.29. The second-order valence-corrected chi connectivity index (χ2v) is 7.55. The van der Waals surface area contributed by atoms with Crippen LogP contribution in [-0.2, 0) is 6.42 Å². The molecule has 0 aliphatic heterocycles. The zero-order valence-electron chi connectivity index (χ0n) is 12.5. The number of fused-ring (bicyclic) bond motifs is 5. The number of hydrogen-bond donors (Lipinski definition) is 1. The number of hydrogen-bond acceptors (Lipinski definition) is 1. The smallest absolute Gasteiger partial charge is 0.145 e. The molecule has 0 heterocycles. The number of nitrogens with one attached hydrogen (secondary N) is 1. The van der Waals surface area contributed by atoms with Crippen LogP contribution in [0.25, 0.3) is 0 Å². The highest BCUT2D eigenvalue weighted by Gasteiger charge is 2.66. The van der Waals surface area contributed by atoms with E-state index in [0.717, 1.165) is 48.1 Å². The molecule has 0 aromatic heterocycles. The molecule has 1 N–H and O–H groups in total. The SMILES string of the molecule is CCNC(Cc1cccc(Cl)c1F)C1C2C3CCC(C3)C21. The minimum atomic E-state index is -0.226. The molecule has 114 valence electrons. The summed E-state index contributed by atoms with van der Waals surface area (Å²) in [5.41, 5.74) is 0.769. The Bertz CT molecular complexity index is 530. The standard InChI is InChI=1S/C18H23ClFN/c1-2-21-14(9-12-4-3-5-13(19)18(12)20)17-15-10-6-7-11(8-10)16(15)17/h3-5,10-11,14-17,21H,2,6-9H2,1H3. The van der Waals surface area contributed by atoms with E-state index in [1.165, 1.54) is 19.3 Å². The molecule has 3 fully saturated rings. The third-order valence-electron chi connectivity index (χ3n) is 6.20. The van der Waals surface area contributed by atoms with E-state index in [-0.39, 0.29) is 10.8 Å². The monoisotopic (exact) mass is 307 g/mol. The first kappa shape index (κ1) is 14.0. The summed E-state index contributed by atoms with van der Waals surface area (Å²) in [4.78, 5) is 0. The van der Waals surface area contributed by atoms with Gasteiger partial charge in [0.25, 0.3) is 0 Å². The Morgan fingerprint density at radius 3 is 2.67 bits per heavy atom. The first-order valence-electron chi connectivity index (χ1n) is 8.37. The molecule has 3 aliphatic rings. The van der Waals surface area contributed by atoms with Gasteiger partial charge in [0.2, 0.25) is 0 Å². The van der Waals surface area contributed by atoms with E-state index in [1.807, 2.05) is 12.1 Å². The third kappa shape index (κ3) is 2.22. The molecule has 5 atom stereocenters. The topological polar surface area (TPSA) is 12.0 Å². The van der Waals surface area contributed by atoms with Crippen LogP contribution in [-0.4, -0.2) is 12.6 Å². The van der Waals surface area contributed by atoms with E-state index in [4.69, 9.17) is 11.6 Å². The van der Waals surface area contributed by atoms with Gasteiger partial charge in [0.1, 0.15) is 5.82 Å². The molecule has 5 unspecified atom stereocenters. The van der Waals surface area contributed by atoms with Crippen molar-refractivity contribution in [2.45, 2.75) is 38.6 Å². The maximum atomic E-state index is 14.2. The van der Waals surface area contributed by atoms with Crippen LogP contribution in [0.15, 0.2) is 18.2 Å². The van der Waals surface area contributed by atoms with Crippen molar-refractivity contribution >= 4 is 11.6 Å². The summed E-state index contributed by atoms with van der Waals surface area (Å²) in [7, 11) is 0. The first-order chi connectivity index (χ1) is 10.2. The third-order valence-corrected chi connectivity index (χ3v) is 6.49. The van der Waals surface area contributed by atoms with Gasteiger partial charge in [0.05, 0.1) is 5.02 Å². The minimum absolute atomic E-state index is 0.226. The average molecular weight is 308 g/mol. The largest absolute Gasteiger partial charge is 0.314 e. The van der Waals surface area contributed by atoms with E-state index < -0.39 is 0 Å². The van der Waals surface area contributed by atoms with Crippen molar-refractivity contribution in [3.05, 3.63) is 34.6 Å². The fourth-order valence-electron chi connectivity index (χ4n) is 5.48. The molecular formula is C18H23ClFN. The van der Waals surface area contributed by atoms with E-state index in [2.05, 4.69) is 12.2 Å². The Kier molecular flexibility index (Phi) is 3.50. The van der Waals surface area contributed by atoms with Crippen LogP contribution < -0.4 is 5.32 Å². The van der Waals surface area contributed by atoms with Crippen molar-refractivity contribution in [1.82, 2.24) is 5.32 Å². The molecule has 21 heavy (non-hydrogen) atoms. The fourth-order valence-corrected chi connectivity index (χ4v) is 5.67. The molecule has 3 saturated carbocycles. The van der Waals surface area contributed by atoms with Gasteiger partial charge in [-0.3, -0.25) is 0 Å². The molecule has 0 radical (unpaired) electrons. The lowest BCUT2D eigenvalue weighted by molar-refractivity contribution is 0.363. The van der Waals surface area contributed by atoms with Crippen molar-refractivity contribution in [2.24, 2.45) is 29.6 Å². The van der Waals surface area contributed by atoms with Gasteiger partial charge in [0.15, 0.2) is 0 Å². The van der Waals surface area contributed by atoms with Crippen molar-refractivity contribution in [3.63, 3.8) is 0 Å². The normalized spacial score (nSPS) is 37.6. The molecule has 4 rings (SSSR count). The zero-order valence-corrected chi connectivity index (χ0v) is 13.2. The quantitative estimate of drug-likeness (QED) is 0.855. The molecule has 1 aromatic carbocycles. The second-order valence-electron chi connectivity index (χ2n) is 7.15. The first-order valence-corrected chi connectivity index (χ1v) is 8.74. The Labute approximate surface area is 131 Å². The summed E-state index contributed by atoms with van der Waals surface area (Å²) in [5, 5.41) is 3.88. The van der Waals surface area contributed by atoms with Crippen molar-refractivity contribution in [2.75, 3.05) is 6.54 Å². The predicted molar refractivity (Wildman–Crippen MR) is 83.9 cm³/mol. The molecule has 0 spiro atoms. The molecule has 1 nitrogen and oxygen atoms in total. The summed E-state index contributed by atoms with van der Waals surface area (Å²) in [5.74, 6) is 4.33. The molecule has 3 heteroatoms. The van der Waals surface area contributed by atoms with Crippen LogP contribution in [0.1, 0.15) is 31.7 Å². The van der Waals surface area contributed by atoms with E-state index in [1.54, 1.807) is 6.07 Å². The zero-order chi connectivity index (χ0) is 14.6. The molecule has 0 saturated heterocycles. The van der Waals surface area contributed by atoms with Crippen molar-refractivity contribution in [3.8, 4) is 0 Å². The van der Waals surface area contributed by atoms with Gasteiger partial charge in [-0.05, 0) is 73.4 Å². The number of likely N-dealkylation sites (N-methyl/N-ethyl adjacent to an activating group) is 1. The maximum Gasteiger partial charge on any atom is 0.145 e. The van der Waals surface area contributed by atoms with E-state index in [9.17, 15) is 4.39 Å². The van der Waals surface area contributed by atoms with Crippen LogP contribution in [0.4, 0.5) is 4.39 Å². The van der Waals surface area contributed by atoms with E-state index >= 15 is 0 Å². The van der Waals surface area contributed by atoms with Gasteiger partial charge in [-0.2, -0.15) is 0 Å². The number of halogens is 2. The van der Waals surface area contributed by atoms with Gasteiger partial charge in [-0.25, -0.2) is 4.39 Å². The van der Waals surface area contributed by atoms with Crippen LogP contribution in [0, 0.1) is 35.4 Å². The lowest BCUT2D eigenvalue weighted by Gasteiger charge is -2.22. The van der Waals surface area contributed by atoms with Gasteiger partial charge in [-0.15, -0.1) is 0 Å². The maximum absolute atomic E-state index is 14.2. The van der Waals surface area contributed by atoms with Gasteiger partial charge >= 0.3 is 0 Å². The van der Waals surface area contributed by atoms with Crippen LogP contribution in [0.5, 0.6) is 0 Å². The Morgan fingerprint density at radius 2 is 2.00 bits per heavy atom. The number of rotatable bonds is 5. The Balaban J connectivity index is 1.52. The van der Waals surface area contributed by atoms with E-state index in [0.29, 0.717) is 6.04 Å². The summed E-state index contributed by atoms with van der Waals surface area (Å²) >= 11 is 5.93. The van der Waals surface area contributed by atoms with Gasteiger partial charge < -0.3 is 5.32 Å². The van der Waals surface area contributed by atoms with Crippen molar-refractivity contribution < 1.29 is 4.39 Å². The summed E-state index contributed by atoms with van der Waals surface area (Å²) < 4.78 is 14.2. The van der Waals surface area contributed by atoms with Crippen molar-refractivity contribution in [1.29, 1.82) is 0 Å².